The fourth-order valence-corrected chi connectivity index (χ4v) is 5.48. The van der Waals surface area contributed by atoms with E-state index in [1.165, 1.54) is 4.57 Å². The van der Waals surface area contributed by atoms with Crippen LogP contribution in [-0.2, 0) is 21.6 Å². The second-order valence-electron chi connectivity index (χ2n) is 9.43. The van der Waals surface area contributed by atoms with Gasteiger partial charge in [-0.3, -0.25) is 13.9 Å². The molecule has 0 saturated heterocycles. The van der Waals surface area contributed by atoms with E-state index in [1.807, 2.05) is 58.0 Å². The Bertz CT molecular complexity index is 1300. The number of ether oxygens (including phenoxy) is 2. The van der Waals surface area contributed by atoms with E-state index in [0.29, 0.717) is 33.6 Å². The number of thiophene rings is 1. The Kier molecular flexibility index (Phi) is 8.35. The van der Waals surface area contributed by atoms with Crippen molar-refractivity contribution < 1.29 is 14.3 Å². The van der Waals surface area contributed by atoms with E-state index >= 15 is 0 Å². The van der Waals surface area contributed by atoms with Gasteiger partial charge in [-0.15, -0.1) is 11.3 Å². The third-order valence-corrected chi connectivity index (χ3v) is 7.29. The van der Waals surface area contributed by atoms with Gasteiger partial charge in [0.15, 0.2) is 0 Å². The lowest BCUT2D eigenvalue weighted by atomic mass is 10.00. The van der Waals surface area contributed by atoms with Crippen molar-refractivity contribution in [2.45, 2.75) is 72.3 Å². The summed E-state index contributed by atoms with van der Waals surface area (Å²) in [5.41, 5.74) is 5.55. The number of nitrogens with zero attached hydrogens (tertiary/aromatic N) is 2. The number of aryl methyl sites for hydroxylation is 1. The number of hydrogen-bond acceptors (Lipinski definition) is 7. The summed E-state index contributed by atoms with van der Waals surface area (Å²) < 4.78 is 14.3. The lowest BCUT2D eigenvalue weighted by molar-refractivity contribution is -0.00359. The van der Waals surface area contributed by atoms with Crippen molar-refractivity contribution >= 4 is 27.5 Å². The maximum Gasteiger partial charge on any atom is 0.348 e. The number of fused-ring (bicyclic) bond motifs is 1. The molecule has 2 aromatic heterocycles. The molecule has 0 aliphatic carbocycles. The molecule has 35 heavy (non-hydrogen) atoms. The minimum Gasteiger partial charge on any atom is -0.462 e. The Labute approximate surface area is 209 Å². The average molecular weight is 502 g/mol. The number of esters is 1. The number of aromatic nitrogens is 2. The Hall–Kier alpha value is -2.75. The first-order chi connectivity index (χ1) is 16.5. The first-order valence-electron chi connectivity index (χ1n) is 11.9. The second-order valence-corrected chi connectivity index (χ2v) is 10.4. The molecule has 3 rings (SSSR count). The minimum absolute atomic E-state index is 0.0915. The quantitative estimate of drug-likeness (QED) is 0.422. The number of rotatable bonds is 10. The molecule has 8 nitrogen and oxygen atoms in total. The number of nitrogens with two attached hydrogens (primary N) is 1. The van der Waals surface area contributed by atoms with Gasteiger partial charge < -0.3 is 15.2 Å². The summed E-state index contributed by atoms with van der Waals surface area (Å²) in [6, 6.07) is 9.67. The Morgan fingerprint density at radius 1 is 1.17 bits per heavy atom. The van der Waals surface area contributed by atoms with Gasteiger partial charge >= 0.3 is 11.7 Å². The summed E-state index contributed by atoms with van der Waals surface area (Å²) in [5, 5.41) is 0.346. The van der Waals surface area contributed by atoms with Crippen LogP contribution in [-0.4, -0.2) is 34.4 Å². The molecule has 0 aliphatic heterocycles. The molecule has 2 heterocycles. The minimum atomic E-state index is -0.821. The summed E-state index contributed by atoms with van der Waals surface area (Å²) in [5.74, 6) is -0.504. The van der Waals surface area contributed by atoms with E-state index < -0.39 is 28.9 Å². The highest BCUT2D eigenvalue weighted by atomic mass is 32.1. The molecule has 1 atom stereocenters. The SMILES string of the molecule is CCOC(=O)c1sc2c(c1C)c(=O)n(C(C)(C)CCN)c(=O)n2C[C@H](OC(C)C)c1ccccc1. The van der Waals surface area contributed by atoms with Crippen LogP contribution in [0.25, 0.3) is 10.2 Å². The van der Waals surface area contributed by atoms with Crippen molar-refractivity contribution in [2.75, 3.05) is 13.2 Å². The van der Waals surface area contributed by atoms with Crippen molar-refractivity contribution in [2.24, 2.45) is 5.73 Å². The van der Waals surface area contributed by atoms with Crippen molar-refractivity contribution in [3.63, 3.8) is 0 Å². The molecule has 0 spiro atoms. The number of carbonyl (C=O) groups excluding carboxylic acids is 1. The molecule has 0 amide bonds. The van der Waals surface area contributed by atoms with Gasteiger partial charge in [0.05, 0.1) is 24.6 Å². The lowest BCUT2D eigenvalue weighted by Crippen LogP contribution is -2.50. The van der Waals surface area contributed by atoms with Gasteiger partial charge in [0, 0.05) is 5.54 Å². The fraction of sp³-hybridized carbons (Fsp3) is 0.500. The van der Waals surface area contributed by atoms with Gasteiger partial charge in [0.25, 0.3) is 5.56 Å². The van der Waals surface area contributed by atoms with E-state index in [4.69, 9.17) is 15.2 Å². The van der Waals surface area contributed by atoms with E-state index in [2.05, 4.69) is 0 Å². The van der Waals surface area contributed by atoms with Gasteiger partial charge in [-0.2, -0.15) is 0 Å². The molecule has 0 saturated carbocycles. The van der Waals surface area contributed by atoms with E-state index in [1.54, 1.807) is 18.4 Å². The monoisotopic (exact) mass is 501 g/mol. The van der Waals surface area contributed by atoms with E-state index in [-0.39, 0.29) is 19.3 Å². The lowest BCUT2D eigenvalue weighted by Gasteiger charge is -2.28. The molecule has 0 radical (unpaired) electrons. The topological polar surface area (TPSA) is 106 Å². The summed E-state index contributed by atoms with van der Waals surface area (Å²) in [4.78, 5) is 41.0. The maximum absolute atomic E-state index is 13.9. The summed E-state index contributed by atoms with van der Waals surface area (Å²) in [6.45, 7) is 11.7. The Morgan fingerprint density at radius 2 is 1.83 bits per heavy atom. The van der Waals surface area contributed by atoms with Crippen molar-refractivity contribution in [1.29, 1.82) is 0 Å². The number of benzene rings is 1. The highest BCUT2D eigenvalue weighted by Gasteiger charge is 2.31. The van der Waals surface area contributed by atoms with Crippen LogP contribution in [0.2, 0.25) is 0 Å². The standard InChI is InChI=1S/C26H35N3O5S/c1-7-33-24(31)21-17(4)20-22(30)29(26(5,6)13-14-27)25(32)28(23(20)35-21)15-19(34-16(2)3)18-11-9-8-10-12-18/h8-12,16,19H,7,13-15,27H2,1-6H3/t19-/m0/s1. The van der Waals surface area contributed by atoms with Crippen molar-refractivity contribution in [3.8, 4) is 0 Å². The van der Waals surface area contributed by atoms with Crippen LogP contribution in [0.1, 0.15) is 67.9 Å². The van der Waals surface area contributed by atoms with Crippen LogP contribution in [0, 0.1) is 6.92 Å². The molecule has 0 unspecified atom stereocenters. The first-order valence-corrected chi connectivity index (χ1v) is 12.7. The van der Waals surface area contributed by atoms with Gasteiger partial charge in [-0.05, 0) is 65.6 Å². The summed E-state index contributed by atoms with van der Waals surface area (Å²) in [7, 11) is 0. The zero-order chi connectivity index (χ0) is 25.9. The van der Waals surface area contributed by atoms with Crippen molar-refractivity contribution in [1.82, 2.24) is 9.13 Å². The summed E-state index contributed by atoms with van der Waals surface area (Å²) in [6.07, 6.45) is -0.0908. The van der Waals surface area contributed by atoms with E-state index in [9.17, 15) is 14.4 Å². The van der Waals surface area contributed by atoms with Crippen LogP contribution in [0.5, 0.6) is 0 Å². The second kappa shape index (κ2) is 10.9. The van der Waals surface area contributed by atoms with Crippen LogP contribution in [0.3, 0.4) is 0 Å². The van der Waals surface area contributed by atoms with Crippen LogP contribution >= 0.6 is 11.3 Å². The first kappa shape index (κ1) is 26.8. The van der Waals surface area contributed by atoms with Crippen molar-refractivity contribution in [3.05, 3.63) is 67.2 Å². The molecule has 1 aromatic carbocycles. The molecule has 0 aliphatic rings. The average Bonchev–Trinajstić information content (AvgIpc) is 3.13. The number of hydrogen-bond donors (Lipinski definition) is 1. The van der Waals surface area contributed by atoms with Crippen LogP contribution < -0.4 is 17.0 Å². The highest BCUT2D eigenvalue weighted by Crippen LogP contribution is 2.31. The molecule has 190 valence electrons. The molecule has 0 fully saturated rings. The molecular weight excluding hydrogens is 466 g/mol. The largest absolute Gasteiger partial charge is 0.462 e. The summed E-state index contributed by atoms with van der Waals surface area (Å²) >= 11 is 1.11. The molecule has 3 aromatic rings. The predicted molar refractivity (Wildman–Crippen MR) is 139 cm³/mol. The maximum atomic E-state index is 13.9. The zero-order valence-corrected chi connectivity index (χ0v) is 22.1. The molecule has 2 N–H and O–H groups in total. The highest BCUT2D eigenvalue weighted by molar-refractivity contribution is 7.20. The fourth-order valence-electron chi connectivity index (χ4n) is 4.29. The van der Waals surface area contributed by atoms with Gasteiger partial charge in [0.1, 0.15) is 15.8 Å². The predicted octanol–water partition coefficient (Wildman–Crippen LogP) is 3.96. The third-order valence-electron chi connectivity index (χ3n) is 5.99. The smallest absolute Gasteiger partial charge is 0.348 e. The third kappa shape index (κ3) is 5.42. The van der Waals surface area contributed by atoms with Gasteiger partial charge in [0.2, 0.25) is 0 Å². The van der Waals surface area contributed by atoms with Crippen LogP contribution in [0.4, 0.5) is 0 Å². The van der Waals surface area contributed by atoms with Crippen LogP contribution in [0.15, 0.2) is 39.9 Å². The molecule has 9 heteroatoms. The molecular formula is C26H35N3O5S. The normalized spacial score (nSPS) is 12.9. The Morgan fingerprint density at radius 3 is 2.40 bits per heavy atom. The number of carbonyl (C=O) groups is 1. The van der Waals surface area contributed by atoms with E-state index in [0.717, 1.165) is 16.9 Å². The molecule has 0 bridgehead atoms. The van der Waals surface area contributed by atoms with Gasteiger partial charge in [-0.25, -0.2) is 9.59 Å². The Balaban J connectivity index is 2.35. The van der Waals surface area contributed by atoms with Gasteiger partial charge in [-0.1, -0.05) is 30.3 Å². The zero-order valence-electron chi connectivity index (χ0n) is 21.3.